The first kappa shape index (κ1) is 12.0. The average molecular weight is 241 g/mol. The fraction of sp³-hybridized carbons (Fsp3) is 0.182. The zero-order chi connectivity index (χ0) is 11.3. The normalized spacial score (nSPS) is 9.20. The van der Waals surface area contributed by atoms with Gasteiger partial charge in [0.05, 0.1) is 10.6 Å². The van der Waals surface area contributed by atoms with Gasteiger partial charge in [-0.2, -0.15) is 12.6 Å². The molecule has 15 heavy (non-hydrogen) atoms. The van der Waals surface area contributed by atoms with Crippen LogP contribution in [0.25, 0.3) is 0 Å². The summed E-state index contributed by atoms with van der Waals surface area (Å²) in [7, 11) is 0. The Hall–Kier alpha value is -1.11. The zero-order valence-corrected chi connectivity index (χ0v) is 9.48. The number of carboxylic acid groups (broad SMARTS) is 1. The second-order valence-electron chi connectivity index (χ2n) is 2.75. The molecular formula is C11H9ClO2S. The van der Waals surface area contributed by atoms with Crippen LogP contribution in [0.4, 0.5) is 0 Å². The molecule has 1 aromatic rings. The van der Waals surface area contributed by atoms with Crippen molar-refractivity contribution < 1.29 is 9.90 Å². The molecule has 78 valence electrons. The lowest BCUT2D eigenvalue weighted by Gasteiger charge is -1.99. The van der Waals surface area contributed by atoms with Crippen LogP contribution in [0.2, 0.25) is 5.02 Å². The number of carbonyl (C=O) groups is 1. The first-order valence-electron chi connectivity index (χ1n) is 4.28. The molecule has 0 atom stereocenters. The van der Waals surface area contributed by atoms with Gasteiger partial charge in [-0.05, 0) is 12.1 Å². The molecule has 1 aromatic carbocycles. The third-order valence-electron chi connectivity index (χ3n) is 1.69. The quantitative estimate of drug-likeness (QED) is 0.616. The van der Waals surface area contributed by atoms with E-state index in [1.807, 2.05) is 0 Å². The lowest BCUT2D eigenvalue weighted by molar-refractivity contribution is 0.0697. The molecule has 0 saturated carbocycles. The maximum atomic E-state index is 10.8. The summed E-state index contributed by atoms with van der Waals surface area (Å²) in [5, 5.41) is 9.01. The van der Waals surface area contributed by atoms with E-state index >= 15 is 0 Å². The lowest BCUT2D eigenvalue weighted by Crippen LogP contribution is -1.98. The number of hydrogen-bond donors (Lipinski definition) is 2. The Morgan fingerprint density at radius 2 is 2.27 bits per heavy atom. The van der Waals surface area contributed by atoms with Crippen molar-refractivity contribution in [2.75, 3.05) is 5.75 Å². The smallest absolute Gasteiger partial charge is 0.337 e. The van der Waals surface area contributed by atoms with Crippen LogP contribution in [0.1, 0.15) is 22.3 Å². The van der Waals surface area contributed by atoms with E-state index in [2.05, 4.69) is 24.5 Å². The molecule has 2 nitrogen and oxygen atoms in total. The zero-order valence-electron chi connectivity index (χ0n) is 7.83. The Labute approximate surface area is 98.7 Å². The van der Waals surface area contributed by atoms with E-state index in [0.717, 1.165) is 0 Å². The fourth-order valence-electron chi connectivity index (χ4n) is 1.01. The Bertz CT molecular complexity index is 432. The number of halogens is 1. The average Bonchev–Trinajstić information content (AvgIpc) is 2.20. The van der Waals surface area contributed by atoms with Gasteiger partial charge in [-0.15, -0.1) is 0 Å². The Balaban J connectivity index is 3.06. The predicted molar refractivity (Wildman–Crippen MR) is 63.8 cm³/mol. The maximum absolute atomic E-state index is 10.8. The Morgan fingerprint density at radius 1 is 1.53 bits per heavy atom. The number of benzene rings is 1. The summed E-state index contributed by atoms with van der Waals surface area (Å²) in [5.74, 6) is 5.30. The summed E-state index contributed by atoms with van der Waals surface area (Å²) in [4.78, 5) is 10.8. The van der Waals surface area contributed by atoms with Gasteiger partial charge in [0.15, 0.2) is 0 Å². The van der Waals surface area contributed by atoms with Gasteiger partial charge in [-0.25, -0.2) is 4.79 Å². The van der Waals surface area contributed by atoms with E-state index in [1.54, 1.807) is 12.1 Å². The molecule has 1 rings (SSSR count). The number of thiol groups is 1. The van der Waals surface area contributed by atoms with Crippen LogP contribution in [-0.2, 0) is 0 Å². The van der Waals surface area contributed by atoms with Gasteiger partial charge in [0.1, 0.15) is 0 Å². The number of hydrogen-bond acceptors (Lipinski definition) is 2. The monoisotopic (exact) mass is 240 g/mol. The van der Waals surface area contributed by atoms with Crippen LogP contribution in [0, 0.1) is 11.8 Å². The first-order chi connectivity index (χ1) is 7.16. The maximum Gasteiger partial charge on any atom is 0.337 e. The standard InChI is InChI=1S/C11H9ClO2S/c12-10-8(4-1-2-7-15)5-3-6-9(10)11(13)14/h3,5-6,15H,2,7H2,(H,13,14). The SMILES string of the molecule is O=C(O)c1cccc(C#CCCS)c1Cl. The van der Waals surface area contributed by atoms with Gasteiger partial charge in [0.2, 0.25) is 0 Å². The van der Waals surface area contributed by atoms with Crippen LogP contribution >= 0.6 is 24.2 Å². The van der Waals surface area contributed by atoms with Crippen molar-refractivity contribution in [3.8, 4) is 11.8 Å². The van der Waals surface area contributed by atoms with E-state index < -0.39 is 5.97 Å². The molecule has 0 aliphatic carbocycles. The molecule has 0 aromatic heterocycles. The van der Waals surface area contributed by atoms with Crippen LogP contribution in [-0.4, -0.2) is 16.8 Å². The molecule has 0 saturated heterocycles. The number of carboxylic acids is 1. The third-order valence-corrected chi connectivity index (χ3v) is 2.32. The summed E-state index contributed by atoms with van der Waals surface area (Å²) >= 11 is 9.90. The van der Waals surface area contributed by atoms with Gasteiger partial charge in [-0.3, -0.25) is 0 Å². The van der Waals surface area contributed by atoms with Crippen molar-refractivity contribution in [2.45, 2.75) is 6.42 Å². The minimum atomic E-state index is -1.04. The number of aromatic carboxylic acids is 1. The molecule has 0 aliphatic rings. The molecule has 0 amide bonds. The highest BCUT2D eigenvalue weighted by Crippen LogP contribution is 2.20. The van der Waals surface area contributed by atoms with E-state index in [-0.39, 0.29) is 10.6 Å². The van der Waals surface area contributed by atoms with E-state index in [4.69, 9.17) is 16.7 Å². The lowest BCUT2D eigenvalue weighted by atomic mass is 10.1. The molecule has 0 aliphatic heterocycles. The molecule has 0 heterocycles. The van der Waals surface area contributed by atoms with Crippen LogP contribution < -0.4 is 0 Å². The van der Waals surface area contributed by atoms with Crippen molar-refractivity contribution in [3.63, 3.8) is 0 Å². The molecule has 1 N–H and O–H groups in total. The van der Waals surface area contributed by atoms with Crippen molar-refractivity contribution in [1.82, 2.24) is 0 Å². The molecule has 0 unspecified atom stereocenters. The van der Waals surface area contributed by atoms with Crippen LogP contribution in [0.3, 0.4) is 0 Å². The highest BCUT2D eigenvalue weighted by atomic mass is 35.5. The van der Waals surface area contributed by atoms with Crippen molar-refractivity contribution in [3.05, 3.63) is 34.3 Å². The second kappa shape index (κ2) is 5.69. The predicted octanol–water partition coefficient (Wildman–Crippen LogP) is 2.71. The summed E-state index contributed by atoms with van der Waals surface area (Å²) in [5.41, 5.74) is 0.618. The molecular weight excluding hydrogens is 232 g/mol. The van der Waals surface area contributed by atoms with Gasteiger partial charge < -0.3 is 5.11 Å². The van der Waals surface area contributed by atoms with Gasteiger partial charge in [0.25, 0.3) is 0 Å². The molecule has 0 radical (unpaired) electrons. The molecule has 0 spiro atoms. The number of rotatable bonds is 2. The summed E-state index contributed by atoms with van der Waals surface area (Å²) in [6, 6.07) is 4.77. The molecule has 4 heteroatoms. The van der Waals surface area contributed by atoms with E-state index in [9.17, 15) is 4.79 Å². The van der Waals surface area contributed by atoms with Crippen LogP contribution in [0.15, 0.2) is 18.2 Å². The highest BCUT2D eigenvalue weighted by molar-refractivity contribution is 7.80. The van der Waals surface area contributed by atoms with E-state index in [0.29, 0.717) is 17.7 Å². The van der Waals surface area contributed by atoms with Crippen LogP contribution in [0.5, 0.6) is 0 Å². The highest BCUT2D eigenvalue weighted by Gasteiger charge is 2.10. The summed E-state index contributed by atoms with van der Waals surface area (Å²) < 4.78 is 0. The first-order valence-corrected chi connectivity index (χ1v) is 5.29. The Kier molecular flexibility index (Phi) is 4.54. The minimum absolute atomic E-state index is 0.0781. The molecule has 0 fully saturated rings. The van der Waals surface area contributed by atoms with Gasteiger partial charge >= 0.3 is 5.97 Å². The van der Waals surface area contributed by atoms with Crippen molar-refractivity contribution in [1.29, 1.82) is 0 Å². The second-order valence-corrected chi connectivity index (χ2v) is 3.57. The van der Waals surface area contributed by atoms with Crippen molar-refractivity contribution >= 4 is 30.2 Å². The fourth-order valence-corrected chi connectivity index (χ4v) is 1.37. The van der Waals surface area contributed by atoms with E-state index in [1.165, 1.54) is 6.07 Å². The Morgan fingerprint density at radius 3 is 2.87 bits per heavy atom. The largest absolute Gasteiger partial charge is 0.478 e. The summed E-state index contributed by atoms with van der Waals surface area (Å²) in [6.07, 6.45) is 0.650. The van der Waals surface area contributed by atoms with Crippen molar-refractivity contribution in [2.24, 2.45) is 0 Å². The van der Waals surface area contributed by atoms with Gasteiger partial charge in [0, 0.05) is 17.7 Å². The minimum Gasteiger partial charge on any atom is -0.478 e. The van der Waals surface area contributed by atoms with Gasteiger partial charge in [-0.1, -0.05) is 29.5 Å². The topological polar surface area (TPSA) is 37.3 Å². The third kappa shape index (κ3) is 3.19. The summed E-state index contributed by atoms with van der Waals surface area (Å²) in [6.45, 7) is 0. The molecule has 0 bridgehead atoms.